The number of hydrogen-bond donors (Lipinski definition) is 3. The van der Waals surface area contributed by atoms with Crippen LogP contribution in [0.25, 0.3) is 0 Å². The van der Waals surface area contributed by atoms with Gasteiger partial charge in [0.2, 0.25) is 21.8 Å². The first-order valence-electron chi connectivity index (χ1n) is 15.0. The molecular formula is C31H43ClN4O6S. The molecule has 3 aliphatic rings. The molecule has 0 aromatic heterocycles. The Kier molecular flexibility index (Phi) is 10.6. The fourth-order valence-electron chi connectivity index (χ4n) is 6.72. The maximum absolute atomic E-state index is 13.6. The second kappa shape index (κ2) is 13.8. The van der Waals surface area contributed by atoms with Gasteiger partial charge in [-0.25, -0.2) is 8.42 Å². The van der Waals surface area contributed by atoms with E-state index in [1.807, 2.05) is 31.2 Å². The second-order valence-corrected chi connectivity index (χ2v) is 13.6. The Morgan fingerprint density at radius 2 is 1.58 bits per heavy atom. The van der Waals surface area contributed by atoms with Gasteiger partial charge in [0.1, 0.15) is 23.1 Å². The number of benzene rings is 2. The zero-order chi connectivity index (χ0) is 29.9. The Balaban J connectivity index is 0.00000423. The largest absolute Gasteiger partial charge is 0.457 e. The van der Waals surface area contributed by atoms with Crippen LogP contribution >= 0.6 is 12.4 Å². The van der Waals surface area contributed by atoms with E-state index in [4.69, 9.17) is 4.74 Å². The number of nitrogens with zero attached hydrogens (tertiary/aromatic N) is 2. The van der Waals surface area contributed by atoms with Gasteiger partial charge >= 0.3 is 0 Å². The zero-order valence-electron chi connectivity index (χ0n) is 24.8. The van der Waals surface area contributed by atoms with Crippen LogP contribution in [0.15, 0.2) is 48.5 Å². The molecule has 1 saturated carbocycles. The minimum absolute atomic E-state index is 0. The van der Waals surface area contributed by atoms with Crippen molar-refractivity contribution in [3.05, 3.63) is 54.1 Å². The number of piperidine rings is 1. The van der Waals surface area contributed by atoms with E-state index >= 15 is 0 Å². The van der Waals surface area contributed by atoms with Crippen LogP contribution in [0.5, 0.6) is 11.5 Å². The highest BCUT2D eigenvalue weighted by molar-refractivity contribution is 7.92. The van der Waals surface area contributed by atoms with Gasteiger partial charge in [0.25, 0.3) is 0 Å². The van der Waals surface area contributed by atoms with Crippen molar-refractivity contribution < 1.29 is 27.9 Å². The summed E-state index contributed by atoms with van der Waals surface area (Å²) in [4.78, 5) is 31.1. The molecule has 2 atom stereocenters. The number of sulfonamides is 1. The molecule has 1 aliphatic carbocycles. The van der Waals surface area contributed by atoms with E-state index in [-0.39, 0.29) is 30.1 Å². The number of halogens is 1. The number of carbonyl (C=O) groups is 2. The van der Waals surface area contributed by atoms with Gasteiger partial charge < -0.3 is 20.1 Å². The van der Waals surface area contributed by atoms with Crippen LogP contribution in [-0.2, 0) is 26.2 Å². The summed E-state index contributed by atoms with van der Waals surface area (Å²) in [6, 6.07) is 13.6. The Bertz CT molecular complexity index is 1360. The third-order valence-corrected chi connectivity index (χ3v) is 9.56. The van der Waals surface area contributed by atoms with Crippen molar-refractivity contribution in [3.63, 3.8) is 0 Å². The number of anilines is 1. The van der Waals surface area contributed by atoms with E-state index in [1.54, 1.807) is 29.2 Å². The molecule has 1 spiro atoms. The van der Waals surface area contributed by atoms with Crippen molar-refractivity contribution in [2.45, 2.75) is 76.1 Å². The maximum Gasteiger partial charge on any atom is 0.248 e. The standard InChI is InChI=1S/C31H42N4O6S.ClH/c1-3-35-29(37)27(28(36)23-7-5-4-6-8-23)32-30(38)31(35)17-19-34(20-18-31)21-22-9-13-25(14-10-22)41-26-15-11-24(12-16-26)33-42(2,39)40;/h9-16,23,27-28,33,36H,3-8,17-21H2,1-2H3,(H,32,38);1H/t27-,28-;/m1./s1. The average molecular weight is 635 g/mol. The second-order valence-electron chi connectivity index (χ2n) is 11.9. The monoisotopic (exact) mass is 634 g/mol. The number of nitrogens with one attached hydrogen (secondary N) is 2. The molecule has 43 heavy (non-hydrogen) atoms. The highest BCUT2D eigenvalue weighted by Gasteiger charge is 2.54. The number of rotatable bonds is 9. The molecule has 2 saturated heterocycles. The Hall–Kier alpha value is -2.86. The van der Waals surface area contributed by atoms with E-state index in [0.29, 0.717) is 56.2 Å². The lowest BCUT2D eigenvalue weighted by Gasteiger charge is -2.52. The van der Waals surface area contributed by atoms with Crippen molar-refractivity contribution in [1.82, 2.24) is 15.1 Å². The minimum atomic E-state index is -3.33. The van der Waals surface area contributed by atoms with Gasteiger partial charge in [0.05, 0.1) is 12.4 Å². The van der Waals surface area contributed by atoms with Crippen LogP contribution in [0.3, 0.4) is 0 Å². The fourth-order valence-corrected chi connectivity index (χ4v) is 7.28. The molecule has 3 fully saturated rings. The van der Waals surface area contributed by atoms with Crippen LogP contribution in [0.2, 0.25) is 0 Å². The number of aliphatic hydroxyl groups is 1. The molecule has 3 N–H and O–H groups in total. The van der Waals surface area contributed by atoms with E-state index in [2.05, 4.69) is 14.9 Å². The molecule has 5 rings (SSSR count). The van der Waals surface area contributed by atoms with E-state index in [9.17, 15) is 23.1 Å². The number of ether oxygens (including phenoxy) is 1. The molecule has 0 unspecified atom stereocenters. The Labute approximate surface area is 260 Å². The SMILES string of the molecule is CCN1C(=O)[C@@H]([C@H](O)C2CCCCC2)NC(=O)C12CCN(Cc1ccc(Oc3ccc(NS(C)(=O)=O)cc3)cc1)CC2.Cl. The molecule has 0 bridgehead atoms. The summed E-state index contributed by atoms with van der Waals surface area (Å²) in [6.45, 7) is 4.43. The lowest BCUT2D eigenvalue weighted by Crippen LogP contribution is -2.74. The Morgan fingerprint density at radius 3 is 2.14 bits per heavy atom. The molecule has 0 radical (unpaired) electrons. The fraction of sp³-hybridized carbons (Fsp3) is 0.548. The van der Waals surface area contributed by atoms with Crippen molar-refractivity contribution >= 4 is 39.9 Å². The van der Waals surface area contributed by atoms with Crippen LogP contribution in [0.4, 0.5) is 5.69 Å². The molecule has 12 heteroatoms. The molecule has 2 aromatic carbocycles. The summed E-state index contributed by atoms with van der Waals surface area (Å²) < 4.78 is 31.1. The molecular weight excluding hydrogens is 592 g/mol. The van der Waals surface area contributed by atoms with Crippen molar-refractivity contribution in [2.24, 2.45) is 5.92 Å². The lowest BCUT2D eigenvalue weighted by molar-refractivity contribution is -0.165. The normalized spacial score (nSPS) is 22.0. The summed E-state index contributed by atoms with van der Waals surface area (Å²) >= 11 is 0. The number of carbonyl (C=O) groups excluding carboxylic acids is 2. The first-order valence-corrected chi connectivity index (χ1v) is 16.8. The first-order chi connectivity index (χ1) is 20.1. The lowest BCUT2D eigenvalue weighted by atomic mass is 9.78. The Morgan fingerprint density at radius 1 is 1.00 bits per heavy atom. The van der Waals surface area contributed by atoms with Crippen LogP contribution in [0.1, 0.15) is 57.4 Å². The highest BCUT2D eigenvalue weighted by atomic mass is 35.5. The molecule has 2 amide bonds. The van der Waals surface area contributed by atoms with Gasteiger partial charge in [-0.1, -0.05) is 31.4 Å². The van der Waals surface area contributed by atoms with Gasteiger partial charge in [-0.2, -0.15) is 0 Å². The predicted molar refractivity (Wildman–Crippen MR) is 168 cm³/mol. The zero-order valence-corrected chi connectivity index (χ0v) is 26.5. The molecule has 2 heterocycles. The van der Waals surface area contributed by atoms with Crippen LogP contribution in [-0.4, -0.2) is 78.7 Å². The van der Waals surface area contributed by atoms with E-state index in [0.717, 1.165) is 43.9 Å². The summed E-state index contributed by atoms with van der Waals surface area (Å²) in [5.41, 5.74) is 0.713. The van der Waals surface area contributed by atoms with Crippen LogP contribution in [0, 0.1) is 5.92 Å². The number of hydrogen-bond acceptors (Lipinski definition) is 7. The topological polar surface area (TPSA) is 128 Å². The quantitative estimate of drug-likeness (QED) is 0.382. The van der Waals surface area contributed by atoms with E-state index in [1.165, 1.54) is 0 Å². The molecule has 236 valence electrons. The van der Waals surface area contributed by atoms with Crippen LogP contribution < -0.4 is 14.8 Å². The van der Waals surface area contributed by atoms with Gasteiger partial charge in [0.15, 0.2) is 0 Å². The van der Waals surface area contributed by atoms with Crippen molar-refractivity contribution in [3.8, 4) is 11.5 Å². The number of likely N-dealkylation sites (tertiary alicyclic amines) is 1. The third-order valence-electron chi connectivity index (χ3n) is 8.95. The third kappa shape index (κ3) is 7.63. The van der Waals surface area contributed by atoms with Crippen molar-refractivity contribution in [1.29, 1.82) is 0 Å². The number of piperazine rings is 1. The minimum Gasteiger partial charge on any atom is -0.457 e. The summed E-state index contributed by atoms with van der Waals surface area (Å²) in [7, 11) is -3.33. The number of amides is 2. The van der Waals surface area contributed by atoms with Gasteiger partial charge in [-0.3, -0.25) is 19.2 Å². The number of likely N-dealkylation sites (N-methyl/N-ethyl adjacent to an activating group) is 1. The predicted octanol–water partition coefficient (Wildman–Crippen LogP) is 3.89. The molecule has 2 aromatic rings. The average Bonchev–Trinajstić information content (AvgIpc) is 2.98. The van der Waals surface area contributed by atoms with Gasteiger partial charge in [0, 0.05) is 31.9 Å². The smallest absolute Gasteiger partial charge is 0.248 e. The molecule has 10 nitrogen and oxygen atoms in total. The first kappa shape index (κ1) is 33.0. The highest BCUT2D eigenvalue weighted by Crippen LogP contribution is 2.36. The molecule has 2 aliphatic heterocycles. The van der Waals surface area contributed by atoms with Crippen molar-refractivity contribution in [2.75, 3.05) is 30.6 Å². The summed E-state index contributed by atoms with van der Waals surface area (Å²) in [6.07, 6.45) is 6.46. The summed E-state index contributed by atoms with van der Waals surface area (Å²) in [5.74, 6) is 1.04. The van der Waals surface area contributed by atoms with Gasteiger partial charge in [-0.15, -0.1) is 12.4 Å². The number of aliphatic hydroxyl groups excluding tert-OH is 1. The summed E-state index contributed by atoms with van der Waals surface area (Å²) in [5, 5.41) is 14.0. The van der Waals surface area contributed by atoms with Gasteiger partial charge in [-0.05, 0) is 80.5 Å². The maximum atomic E-state index is 13.6. The van der Waals surface area contributed by atoms with E-state index < -0.39 is 27.7 Å².